The summed E-state index contributed by atoms with van der Waals surface area (Å²) < 4.78 is 5.50. The Morgan fingerprint density at radius 3 is 2.34 bits per heavy atom. The van der Waals surface area contributed by atoms with E-state index < -0.39 is 5.97 Å². The smallest absolute Gasteiger partial charge is 0.339 e. The van der Waals surface area contributed by atoms with Crippen LogP contribution in [0.1, 0.15) is 55.3 Å². The highest BCUT2D eigenvalue weighted by atomic mass is 16.5. The molecule has 1 saturated carbocycles. The number of esters is 1. The van der Waals surface area contributed by atoms with E-state index in [0.717, 1.165) is 42.0 Å². The van der Waals surface area contributed by atoms with Gasteiger partial charge in [0.15, 0.2) is 6.61 Å². The molecule has 0 atom stereocenters. The van der Waals surface area contributed by atoms with Gasteiger partial charge in [0.25, 0.3) is 5.91 Å². The van der Waals surface area contributed by atoms with E-state index in [1.165, 1.54) is 19.3 Å². The summed E-state index contributed by atoms with van der Waals surface area (Å²) in [7, 11) is 0. The van der Waals surface area contributed by atoms with E-state index in [4.69, 9.17) is 9.72 Å². The Balaban J connectivity index is 1.38. The Bertz CT molecular complexity index is 1350. The van der Waals surface area contributed by atoms with Crippen LogP contribution in [0.4, 0.5) is 0 Å². The van der Waals surface area contributed by atoms with Gasteiger partial charge in [-0.25, -0.2) is 9.78 Å². The molecule has 0 unspecified atom stereocenters. The Morgan fingerprint density at radius 1 is 0.829 bits per heavy atom. The highest BCUT2D eigenvalue weighted by molar-refractivity contribution is 6.06. The quantitative estimate of drug-likeness (QED) is 0.344. The molecule has 5 nitrogen and oxygen atoms in total. The molecule has 5 rings (SSSR count). The van der Waals surface area contributed by atoms with Crippen LogP contribution in [0.3, 0.4) is 0 Å². The van der Waals surface area contributed by atoms with Gasteiger partial charge in [-0.05, 0) is 35.7 Å². The fourth-order valence-electron chi connectivity index (χ4n) is 5.01. The number of amides is 1. The summed E-state index contributed by atoms with van der Waals surface area (Å²) in [6, 6.07) is 23.7. The van der Waals surface area contributed by atoms with Gasteiger partial charge in [-0.1, -0.05) is 92.8 Å². The van der Waals surface area contributed by atoms with Crippen LogP contribution in [0.25, 0.3) is 32.9 Å². The Morgan fingerprint density at radius 2 is 1.51 bits per heavy atom. The first-order chi connectivity index (χ1) is 17.2. The lowest BCUT2D eigenvalue weighted by Crippen LogP contribution is -2.38. The van der Waals surface area contributed by atoms with Crippen LogP contribution in [-0.2, 0) is 9.53 Å². The van der Waals surface area contributed by atoms with Gasteiger partial charge in [0.2, 0.25) is 0 Å². The van der Waals surface area contributed by atoms with E-state index in [1.54, 1.807) is 6.07 Å². The van der Waals surface area contributed by atoms with Gasteiger partial charge in [-0.15, -0.1) is 0 Å². The average molecular weight is 467 g/mol. The van der Waals surface area contributed by atoms with E-state index in [2.05, 4.69) is 23.5 Å². The number of rotatable bonds is 5. The minimum absolute atomic E-state index is 0.168. The second-order valence-electron chi connectivity index (χ2n) is 9.28. The highest BCUT2D eigenvalue weighted by Gasteiger charge is 2.19. The fraction of sp³-hybridized carbons (Fsp3) is 0.300. The van der Waals surface area contributed by atoms with E-state index >= 15 is 0 Å². The van der Waals surface area contributed by atoms with Crippen molar-refractivity contribution >= 4 is 33.6 Å². The molecule has 0 saturated heterocycles. The van der Waals surface area contributed by atoms with Gasteiger partial charge in [-0.3, -0.25) is 4.79 Å². The second-order valence-corrected chi connectivity index (χ2v) is 9.28. The molecule has 0 radical (unpaired) electrons. The summed E-state index contributed by atoms with van der Waals surface area (Å²) in [6.07, 6.45) is 7.95. The molecular weight excluding hydrogens is 436 g/mol. The zero-order valence-corrected chi connectivity index (χ0v) is 19.8. The van der Waals surface area contributed by atoms with Crippen molar-refractivity contribution in [2.75, 3.05) is 6.61 Å². The third-order valence-electron chi connectivity index (χ3n) is 6.81. The van der Waals surface area contributed by atoms with Gasteiger partial charge >= 0.3 is 5.97 Å². The van der Waals surface area contributed by atoms with Crippen LogP contribution in [-0.4, -0.2) is 29.5 Å². The number of benzene rings is 3. The Hall–Kier alpha value is -3.73. The molecule has 0 spiro atoms. The number of para-hydroxylation sites is 1. The maximum Gasteiger partial charge on any atom is 0.339 e. The lowest BCUT2D eigenvalue weighted by atomic mass is 9.97. The first-order valence-corrected chi connectivity index (χ1v) is 12.5. The molecule has 1 amide bonds. The Kier molecular flexibility index (Phi) is 7.03. The van der Waals surface area contributed by atoms with Gasteiger partial charge in [0, 0.05) is 17.0 Å². The number of pyridine rings is 1. The predicted octanol–water partition coefficient (Wildman–Crippen LogP) is 6.44. The summed E-state index contributed by atoms with van der Waals surface area (Å²) in [5, 5.41) is 5.94. The topological polar surface area (TPSA) is 68.3 Å². The molecule has 4 aromatic rings. The molecule has 0 bridgehead atoms. The average Bonchev–Trinajstić information content (AvgIpc) is 2.87. The van der Waals surface area contributed by atoms with E-state index in [0.29, 0.717) is 22.2 Å². The van der Waals surface area contributed by atoms with Crippen molar-refractivity contribution in [3.63, 3.8) is 0 Å². The highest BCUT2D eigenvalue weighted by Crippen LogP contribution is 2.30. The zero-order valence-electron chi connectivity index (χ0n) is 19.8. The summed E-state index contributed by atoms with van der Waals surface area (Å²) in [5.74, 6) is -0.755. The van der Waals surface area contributed by atoms with Crippen LogP contribution >= 0.6 is 0 Å². The van der Waals surface area contributed by atoms with Crippen LogP contribution in [0.5, 0.6) is 0 Å². The van der Waals surface area contributed by atoms with Crippen LogP contribution < -0.4 is 5.32 Å². The largest absolute Gasteiger partial charge is 0.452 e. The molecule has 178 valence electrons. The van der Waals surface area contributed by atoms with Crippen LogP contribution in [0, 0.1) is 0 Å². The molecule has 1 fully saturated rings. The van der Waals surface area contributed by atoms with E-state index in [-0.39, 0.29) is 18.6 Å². The maximum absolute atomic E-state index is 13.2. The third-order valence-corrected chi connectivity index (χ3v) is 6.81. The van der Waals surface area contributed by atoms with Crippen molar-refractivity contribution in [1.29, 1.82) is 0 Å². The van der Waals surface area contributed by atoms with Crippen LogP contribution in [0.2, 0.25) is 0 Å². The lowest BCUT2D eigenvalue weighted by Gasteiger charge is -2.21. The summed E-state index contributed by atoms with van der Waals surface area (Å²) in [5.41, 5.74) is 2.78. The minimum atomic E-state index is -0.516. The number of ether oxygens (including phenoxy) is 1. The number of hydrogen-bond acceptors (Lipinski definition) is 4. The van der Waals surface area contributed by atoms with Crippen molar-refractivity contribution in [2.45, 2.75) is 51.0 Å². The molecule has 35 heavy (non-hydrogen) atoms. The van der Waals surface area contributed by atoms with Crippen molar-refractivity contribution < 1.29 is 14.3 Å². The normalized spacial score (nSPS) is 14.9. The summed E-state index contributed by atoms with van der Waals surface area (Å²) >= 11 is 0. The van der Waals surface area contributed by atoms with Gasteiger partial charge in [0.05, 0.1) is 16.8 Å². The summed E-state index contributed by atoms with van der Waals surface area (Å²) in [4.78, 5) is 30.6. The Labute approximate surface area is 205 Å². The molecule has 3 aromatic carbocycles. The standard InChI is InChI=1S/C30H30N2O3/c33-29(31-22-13-4-2-1-3-5-14-22)20-35-30(34)26-19-28(32-27-18-9-8-16-25(26)27)24-17-10-12-21-11-6-7-15-23(21)24/h6-12,15-19,22H,1-5,13-14,20H2,(H,31,33). The molecular formula is C30H30N2O3. The first-order valence-electron chi connectivity index (χ1n) is 12.5. The molecule has 1 heterocycles. The SMILES string of the molecule is O=C(COC(=O)c1cc(-c2cccc3ccccc23)nc2ccccc12)NC1CCCCCCC1. The van der Waals surface area contributed by atoms with Gasteiger partial charge in [0.1, 0.15) is 0 Å². The van der Waals surface area contributed by atoms with Crippen molar-refractivity contribution in [1.82, 2.24) is 10.3 Å². The molecule has 0 aliphatic heterocycles. The van der Waals surface area contributed by atoms with E-state index in [1.807, 2.05) is 48.5 Å². The molecule has 5 heteroatoms. The molecule has 1 aliphatic rings. The predicted molar refractivity (Wildman–Crippen MR) is 139 cm³/mol. The minimum Gasteiger partial charge on any atom is -0.452 e. The fourth-order valence-corrected chi connectivity index (χ4v) is 5.01. The van der Waals surface area contributed by atoms with Crippen molar-refractivity contribution in [3.8, 4) is 11.3 Å². The van der Waals surface area contributed by atoms with Crippen LogP contribution in [0.15, 0.2) is 72.8 Å². The molecule has 1 aliphatic carbocycles. The second kappa shape index (κ2) is 10.7. The number of carbonyl (C=O) groups is 2. The number of nitrogens with one attached hydrogen (secondary N) is 1. The van der Waals surface area contributed by atoms with Crippen molar-refractivity contribution in [3.05, 3.63) is 78.4 Å². The number of aromatic nitrogens is 1. The number of carbonyl (C=O) groups excluding carboxylic acids is 2. The lowest BCUT2D eigenvalue weighted by molar-refractivity contribution is -0.125. The molecule has 1 aromatic heterocycles. The number of hydrogen-bond donors (Lipinski definition) is 1. The first kappa shape index (κ1) is 23.0. The molecule has 1 N–H and O–H groups in total. The monoisotopic (exact) mass is 466 g/mol. The van der Waals surface area contributed by atoms with Gasteiger partial charge in [-0.2, -0.15) is 0 Å². The third kappa shape index (κ3) is 5.35. The van der Waals surface area contributed by atoms with Gasteiger partial charge < -0.3 is 10.1 Å². The zero-order chi connectivity index (χ0) is 24.0. The summed E-state index contributed by atoms with van der Waals surface area (Å²) in [6.45, 7) is -0.282. The number of nitrogens with zero attached hydrogens (tertiary/aromatic N) is 1. The van der Waals surface area contributed by atoms with E-state index in [9.17, 15) is 9.59 Å². The number of fused-ring (bicyclic) bond motifs is 2. The maximum atomic E-state index is 13.2. The van der Waals surface area contributed by atoms with Crippen molar-refractivity contribution in [2.24, 2.45) is 0 Å².